The number of aliphatic hydroxyl groups is 1. The molecule has 0 aliphatic carbocycles. The van der Waals surface area contributed by atoms with Crippen LogP contribution in [0.15, 0.2) is 12.3 Å². The van der Waals surface area contributed by atoms with Crippen LogP contribution in [0.3, 0.4) is 0 Å². The highest BCUT2D eigenvalue weighted by Crippen LogP contribution is 1.99. The van der Waals surface area contributed by atoms with E-state index >= 15 is 0 Å². The van der Waals surface area contributed by atoms with Crippen molar-refractivity contribution in [3.8, 4) is 6.01 Å². The van der Waals surface area contributed by atoms with Crippen LogP contribution in [-0.4, -0.2) is 15.1 Å². The SMILES string of the molecule is [O]c1nccc(CO)n1. The lowest BCUT2D eigenvalue weighted by Gasteiger charge is -1.89. The third kappa shape index (κ3) is 1.36. The molecule has 9 heavy (non-hydrogen) atoms. The lowest BCUT2D eigenvalue weighted by atomic mass is 10.4. The molecular weight excluding hydrogens is 120 g/mol. The molecule has 1 radical (unpaired) electrons. The Balaban J connectivity index is 2.94. The maximum Gasteiger partial charge on any atom is 0.367 e. The van der Waals surface area contributed by atoms with E-state index in [0.717, 1.165) is 0 Å². The van der Waals surface area contributed by atoms with Crippen molar-refractivity contribution < 1.29 is 10.2 Å². The number of aliphatic hydroxyl groups excluding tert-OH is 1. The van der Waals surface area contributed by atoms with Gasteiger partial charge in [-0.05, 0) is 6.07 Å². The summed E-state index contributed by atoms with van der Waals surface area (Å²) in [6.07, 6.45) is 1.32. The van der Waals surface area contributed by atoms with E-state index in [4.69, 9.17) is 5.11 Å². The molecular formula is C5H5N2O2. The second-order valence-electron chi connectivity index (χ2n) is 1.49. The van der Waals surface area contributed by atoms with E-state index in [9.17, 15) is 5.11 Å². The van der Waals surface area contributed by atoms with Crippen molar-refractivity contribution in [3.63, 3.8) is 0 Å². The van der Waals surface area contributed by atoms with Crippen molar-refractivity contribution in [2.24, 2.45) is 0 Å². The van der Waals surface area contributed by atoms with Crippen molar-refractivity contribution in [1.82, 2.24) is 9.97 Å². The van der Waals surface area contributed by atoms with Crippen molar-refractivity contribution in [3.05, 3.63) is 18.0 Å². The average Bonchev–Trinajstić information content (AvgIpc) is 1.88. The molecule has 1 heterocycles. The van der Waals surface area contributed by atoms with E-state index in [2.05, 4.69) is 9.97 Å². The van der Waals surface area contributed by atoms with Gasteiger partial charge in [0.05, 0.1) is 12.3 Å². The normalized spacial score (nSPS) is 9.44. The van der Waals surface area contributed by atoms with Gasteiger partial charge in [0.1, 0.15) is 0 Å². The monoisotopic (exact) mass is 125 g/mol. The van der Waals surface area contributed by atoms with Crippen molar-refractivity contribution in [2.45, 2.75) is 6.61 Å². The van der Waals surface area contributed by atoms with E-state index in [1.54, 1.807) is 0 Å². The second kappa shape index (κ2) is 2.41. The van der Waals surface area contributed by atoms with Crippen LogP contribution in [0, 0.1) is 0 Å². The number of rotatable bonds is 1. The number of hydrogen-bond acceptors (Lipinski definition) is 3. The topological polar surface area (TPSA) is 65.9 Å². The summed E-state index contributed by atoms with van der Waals surface area (Å²) in [5.41, 5.74) is 0.356. The Kier molecular flexibility index (Phi) is 1.60. The summed E-state index contributed by atoms with van der Waals surface area (Å²) in [5, 5.41) is 18.7. The summed E-state index contributed by atoms with van der Waals surface area (Å²) in [4.78, 5) is 6.68. The Hall–Kier alpha value is -1.16. The minimum Gasteiger partial charge on any atom is -0.390 e. The molecule has 1 aromatic rings. The minimum atomic E-state index is -0.554. The molecule has 0 aliphatic heterocycles. The largest absolute Gasteiger partial charge is 0.390 e. The first-order chi connectivity index (χ1) is 4.33. The van der Waals surface area contributed by atoms with E-state index in [-0.39, 0.29) is 6.61 Å². The van der Waals surface area contributed by atoms with Gasteiger partial charge in [-0.3, -0.25) is 0 Å². The number of hydrogen-bond donors (Lipinski definition) is 1. The molecule has 0 spiro atoms. The second-order valence-corrected chi connectivity index (χ2v) is 1.49. The van der Waals surface area contributed by atoms with Gasteiger partial charge in [-0.25, -0.2) is 10.1 Å². The average molecular weight is 125 g/mol. The molecule has 0 amide bonds. The van der Waals surface area contributed by atoms with Crippen LogP contribution in [0.4, 0.5) is 0 Å². The lowest BCUT2D eigenvalue weighted by Crippen LogP contribution is -1.88. The highest BCUT2D eigenvalue weighted by Gasteiger charge is 1.94. The van der Waals surface area contributed by atoms with Gasteiger partial charge in [-0.15, -0.1) is 0 Å². The Bertz CT molecular complexity index is 202. The maximum absolute atomic E-state index is 10.3. The van der Waals surface area contributed by atoms with Gasteiger partial charge >= 0.3 is 6.01 Å². The molecule has 0 aromatic carbocycles. The third-order valence-electron chi connectivity index (χ3n) is 0.853. The fourth-order valence-electron chi connectivity index (χ4n) is 0.464. The van der Waals surface area contributed by atoms with Gasteiger partial charge < -0.3 is 5.11 Å². The van der Waals surface area contributed by atoms with E-state index < -0.39 is 6.01 Å². The first-order valence-corrected chi connectivity index (χ1v) is 2.42. The van der Waals surface area contributed by atoms with Crippen LogP contribution in [0.1, 0.15) is 5.69 Å². The predicted octanol–water partition coefficient (Wildman–Crippen LogP) is 0.113. The lowest BCUT2D eigenvalue weighted by molar-refractivity contribution is 0.267. The molecule has 4 nitrogen and oxygen atoms in total. The van der Waals surface area contributed by atoms with Crippen molar-refractivity contribution in [2.75, 3.05) is 0 Å². The Morgan fingerprint density at radius 3 is 2.89 bits per heavy atom. The van der Waals surface area contributed by atoms with E-state index in [1.165, 1.54) is 12.3 Å². The summed E-state index contributed by atoms with van der Waals surface area (Å²) in [6, 6.07) is 0.933. The highest BCUT2D eigenvalue weighted by atomic mass is 16.3. The van der Waals surface area contributed by atoms with Crippen LogP contribution in [0.25, 0.3) is 0 Å². The van der Waals surface area contributed by atoms with Crippen LogP contribution in [-0.2, 0) is 11.7 Å². The Labute approximate surface area is 51.8 Å². The van der Waals surface area contributed by atoms with Gasteiger partial charge in [0.25, 0.3) is 0 Å². The predicted molar refractivity (Wildman–Crippen MR) is 28.1 cm³/mol. The highest BCUT2D eigenvalue weighted by molar-refractivity contribution is 5.02. The standard InChI is InChI=1S/C5H5N2O2/c8-3-4-1-2-6-5(9)7-4/h1-2,8H,3H2. The summed E-state index contributed by atoms with van der Waals surface area (Å²) in [5.74, 6) is 0. The molecule has 1 aromatic heterocycles. The summed E-state index contributed by atoms with van der Waals surface area (Å²) >= 11 is 0. The zero-order valence-electron chi connectivity index (χ0n) is 4.61. The molecule has 0 unspecified atom stereocenters. The van der Waals surface area contributed by atoms with Crippen molar-refractivity contribution >= 4 is 0 Å². The smallest absolute Gasteiger partial charge is 0.367 e. The van der Waals surface area contributed by atoms with Gasteiger partial charge in [-0.1, -0.05) is 0 Å². The molecule has 0 saturated heterocycles. The zero-order valence-corrected chi connectivity index (χ0v) is 4.61. The first kappa shape index (κ1) is 5.97. The van der Waals surface area contributed by atoms with Crippen LogP contribution in [0.5, 0.6) is 6.01 Å². The molecule has 0 saturated carbocycles. The van der Waals surface area contributed by atoms with Crippen LogP contribution < -0.4 is 0 Å². The van der Waals surface area contributed by atoms with Gasteiger partial charge in [0.15, 0.2) is 0 Å². The van der Waals surface area contributed by atoms with E-state index in [1.807, 2.05) is 0 Å². The molecule has 1 rings (SSSR count). The quantitative estimate of drug-likeness (QED) is 0.579. The molecule has 47 valence electrons. The molecule has 0 bridgehead atoms. The van der Waals surface area contributed by atoms with Crippen LogP contribution >= 0.6 is 0 Å². The fourth-order valence-corrected chi connectivity index (χ4v) is 0.464. The van der Waals surface area contributed by atoms with Gasteiger partial charge in [-0.2, -0.15) is 4.98 Å². The Morgan fingerprint density at radius 2 is 2.44 bits per heavy atom. The zero-order chi connectivity index (χ0) is 6.69. The summed E-state index contributed by atoms with van der Waals surface area (Å²) < 4.78 is 0. The van der Waals surface area contributed by atoms with Crippen LogP contribution in [0.2, 0.25) is 0 Å². The van der Waals surface area contributed by atoms with Gasteiger partial charge in [0, 0.05) is 6.20 Å². The number of aromatic nitrogens is 2. The maximum atomic E-state index is 10.3. The number of nitrogens with zero attached hydrogens (tertiary/aromatic N) is 2. The summed E-state index contributed by atoms with van der Waals surface area (Å²) in [7, 11) is 0. The summed E-state index contributed by atoms with van der Waals surface area (Å²) in [6.45, 7) is -0.211. The fraction of sp³-hybridized carbons (Fsp3) is 0.200. The minimum absolute atomic E-state index is 0.211. The molecule has 0 atom stereocenters. The third-order valence-corrected chi connectivity index (χ3v) is 0.853. The first-order valence-electron chi connectivity index (χ1n) is 2.42. The van der Waals surface area contributed by atoms with Gasteiger partial charge in [0.2, 0.25) is 0 Å². The molecule has 1 N–H and O–H groups in total. The van der Waals surface area contributed by atoms with E-state index in [0.29, 0.717) is 5.69 Å². The molecule has 0 aliphatic rings. The molecule has 0 fully saturated rings. The van der Waals surface area contributed by atoms with Crippen molar-refractivity contribution in [1.29, 1.82) is 0 Å². The Morgan fingerprint density at radius 1 is 1.67 bits per heavy atom. The molecule has 4 heteroatoms.